The van der Waals surface area contributed by atoms with Gasteiger partial charge in [-0.05, 0) is 18.1 Å². The van der Waals surface area contributed by atoms with E-state index in [2.05, 4.69) is 52.5 Å². The Balaban J connectivity index is 0.00000280. The van der Waals surface area contributed by atoms with Gasteiger partial charge < -0.3 is 14.6 Å². The standard InChI is InChI=1S/C21H29N5O.HI/c1-15(2)20-17(14-26(5)24-20)13-25(4)21(22-3)23-11-10-18-12-16-8-6-7-9-19(16)27-18;/h6-9,12,14-15H,10-11,13H2,1-5H3,(H,22,23);1H. The molecule has 28 heavy (non-hydrogen) atoms. The van der Waals surface area contributed by atoms with Crippen molar-refractivity contribution in [3.63, 3.8) is 0 Å². The summed E-state index contributed by atoms with van der Waals surface area (Å²) in [6.07, 6.45) is 2.90. The molecule has 0 atom stereocenters. The molecule has 1 aromatic carbocycles. The van der Waals surface area contributed by atoms with Gasteiger partial charge in [0.1, 0.15) is 11.3 Å². The molecule has 3 aromatic rings. The second-order valence-corrected chi connectivity index (χ2v) is 7.20. The highest BCUT2D eigenvalue weighted by molar-refractivity contribution is 14.0. The van der Waals surface area contributed by atoms with Crippen LogP contribution >= 0.6 is 24.0 Å². The predicted molar refractivity (Wildman–Crippen MR) is 125 cm³/mol. The van der Waals surface area contributed by atoms with Gasteiger partial charge in [0.05, 0.1) is 5.69 Å². The maximum atomic E-state index is 5.88. The van der Waals surface area contributed by atoms with Crippen LogP contribution in [-0.4, -0.2) is 41.3 Å². The van der Waals surface area contributed by atoms with Crippen LogP contribution in [0.1, 0.15) is 36.8 Å². The number of benzene rings is 1. The van der Waals surface area contributed by atoms with Crippen LogP contribution in [0.5, 0.6) is 0 Å². The molecular weight excluding hydrogens is 465 g/mol. The van der Waals surface area contributed by atoms with Crippen LogP contribution < -0.4 is 5.32 Å². The molecule has 1 N–H and O–H groups in total. The van der Waals surface area contributed by atoms with Crippen molar-refractivity contribution in [3.8, 4) is 0 Å². The van der Waals surface area contributed by atoms with E-state index in [1.165, 1.54) is 5.56 Å². The molecule has 0 saturated heterocycles. The molecule has 0 bridgehead atoms. The fourth-order valence-corrected chi connectivity index (χ4v) is 3.34. The first-order valence-electron chi connectivity index (χ1n) is 9.39. The van der Waals surface area contributed by atoms with Crippen molar-refractivity contribution < 1.29 is 4.42 Å². The smallest absolute Gasteiger partial charge is 0.193 e. The number of hydrogen-bond acceptors (Lipinski definition) is 3. The van der Waals surface area contributed by atoms with Crippen LogP contribution in [0.25, 0.3) is 11.0 Å². The minimum absolute atomic E-state index is 0. The van der Waals surface area contributed by atoms with Crippen LogP contribution in [0.4, 0.5) is 0 Å². The second kappa shape index (κ2) is 9.95. The molecule has 3 rings (SSSR count). The summed E-state index contributed by atoms with van der Waals surface area (Å²) in [4.78, 5) is 6.54. The highest BCUT2D eigenvalue weighted by atomic mass is 127. The first kappa shape index (κ1) is 22.3. The predicted octanol–water partition coefficient (Wildman–Crippen LogP) is 4.16. The van der Waals surface area contributed by atoms with Gasteiger partial charge >= 0.3 is 0 Å². The Bertz CT molecular complexity index is 895. The van der Waals surface area contributed by atoms with Crippen molar-refractivity contribution in [3.05, 3.63) is 53.5 Å². The molecule has 0 radical (unpaired) electrons. The van der Waals surface area contributed by atoms with Gasteiger partial charge in [-0.15, -0.1) is 24.0 Å². The van der Waals surface area contributed by atoms with Crippen molar-refractivity contribution in [1.29, 1.82) is 0 Å². The van der Waals surface area contributed by atoms with E-state index in [1.807, 2.05) is 44.0 Å². The number of hydrogen-bond donors (Lipinski definition) is 1. The lowest BCUT2D eigenvalue weighted by molar-refractivity contribution is 0.470. The summed E-state index contributed by atoms with van der Waals surface area (Å²) in [5, 5.41) is 9.16. The maximum absolute atomic E-state index is 5.88. The lowest BCUT2D eigenvalue weighted by atomic mass is 10.1. The summed E-state index contributed by atoms with van der Waals surface area (Å²) in [7, 11) is 5.83. The van der Waals surface area contributed by atoms with Gasteiger partial charge in [-0.1, -0.05) is 32.0 Å². The Morgan fingerprint density at radius 3 is 2.75 bits per heavy atom. The summed E-state index contributed by atoms with van der Waals surface area (Å²) < 4.78 is 7.77. The largest absolute Gasteiger partial charge is 0.461 e. The number of aliphatic imine (C=N–C) groups is 1. The number of aromatic nitrogens is 2. The number of guanidine groups is 1. The van der Waals surface area contributed by atoms with Crippen molar-refractivity contribution in [2.24, 2.45) is 12.0 Å². The van der Waals surface area contributed by atoms with Crippen LogP contribution in [0.2, 0.25) is 0 Å². The molecule has 0 aliphatic carbocycles. The molecule has 0 aliphatic heterocycles. The first-order valence-corrected chi connectivity index (χ1v) is 9.39. The Morgan fingerprint density at radius 1 is 1.32 bits per heavy atom. The fraction of sp³-hybridized carbons (Fsp3) is 0.429. The van der Waals surface area contributed by atoms with Gasteiger partial charge in [0.15, 0.2) is 5.96 Å². The average molecular weight is 495 g/mol. The van der Waals surface area contributed by atoms with Crippen LogP contribution in [0.15, 0.2) is 45.9 Å². The van der Waals surface area contributed by atoms with Crippen LogP contribution in [-0.2, 0) is 20.0 Å². The second-order valence-electron chi connectivity index (χ2n) is 7.20. The molecule has 0 fully saturated rings. The SMILES string of the molecule is CN=C(NCCc1cc2ccccc2o1)N(C)Cc1cn(C)nc1C(C)C.I. The number of nitrogens with one attached hydrogen (secondary N) is 1. The highest BCUT2D eigenvalue weighted by Gasteiger charge is 2.15. The van der Waals surface area contributed by atoms with E-state index in [9.17, 15) is 0 Å². The number of aryl methyl sites for hydroxylation is 1. The fourth-order valence-electron chi connectivity index (χ4n) is 3.34. The molecule has 0 spiro atoms. The molecule has 0 amide bonds. The van der Waals surface area contributed by atoms with E-state index in [1.54, 1.807) is 0 Å². The topological polar surface area (TPSA) is 58.6 Å². The van der Waals surface area contributed by atoms with Gasteiger partial charge in [-0.3, -0.25) is 9.67 Å². The Morgan fingerprint density at radius 2 is 2.07 bits per heavy atom. The number of nitrogens with zero attached hydrogens (tertiary/aromatic N) is 4. The van der Waals surface area contributed by atoms with Gasteiger partial charge in [-0.2, -0.15) is 5.10 Å². The van der Waals surface area contributed by atoms with Crippen LogP contribution in [0, 0.1) is 0 Å². The number of fused-ring (bicyclic) bond motifs is 1. The third kappa shape index (κ3) is 5.27. The molecule has 0 aliphatic rings. The Labute approximate surface area is 184 Å². The monoisotopic (exact) mass is 495 g/mol. The van der Waals surface area contributed by atoms with Crippen molar-refractivity contribution in [1.82, 2.24) is 20.0 Å². The number of para-hydroxylation sites is 1. The van der Waals surface area contributed by atoms with Gasteiger partial charge in [-0.25, -0.2) is 0 Å². The van der Waals surface area contributed by atoms with Gasteiger partial charge in [0, 0.05) is 57.8 Å². The number of rotatable bonds is 6. The summed E-state index contributed by atoms with van der Waals surface area (Å²) in [6.45, 7) is 5.88. The lowest BCUT2D eigenvalue weighted by Crippen LogP contribution is -2.39. The zero-order valence-corrected chi connectivity index (χ0v) is 19.6. The van der Waals surface area contributed by atoms with E-state index >= 15 is 0 Å². The minimum Gasteiger partial charge on any atom is -0.461 e. The van der Waals surface area contributed by atoms with Crippen molar-refractivity contribution >= 4 is 40.9 Å². The Kier molecular flexibility index (Phi) is 7.91. The van der Waals surface area contributed by atoms with E-state index in [0.29, 0.717) is 5.92 Å². The van der Waals surface area contributed by atoms with Gasteiger partial charge in [0.25, 0.3) is 0 Å². The molecule has 0 saturated carbocycles. The third-order valence-electron chi connectivity index (χ3n) is 4.60. The molecule has 0 unspecified atom stereocenters. The average Bonchev–Trinajstić information content (AvgIpc) is 3.21. The van der Waals surface area contributed by atoms with E-state index < -0.39 is 0 Å². The Hall–Kier alpha value is -2.03. The van der Waals surface area contributed by atoms with Crippen LogP contribution in [0.3, 0.4) is 0 Å². The summed E-state index contributed by atoms with van der Waals surface area (Å²) >= 11 is 0. The highest BCUT2D eigenvalue weighted by Crippen LogP contribution is 2.19. The third-order valence-corrected chi connectivity index (χ3v) is 4.60. The molecule has 2 aromatic heterocycles. The normalized spacial score (nSPS) is 11.7. The summed E-state index contributed by atoms with van der Waals surface area (Å²) in [6, 6.07) is 10.2. The minimum atomic E-state index is 0. The van der Waals surface area contributed by atoms with Gasteiger partial charge in [0.2, 0.25) is 0 Å². The van der Waals surface area contributed by atoms with E-state index in [-0.39, 0.29) is 24.0 Å². The molecule has 2 heterocycles. The first-order chi connectivity index (χ1) is 13.0. The maximum Gasteiger partial charge on any atom is 0.193 e. The number of halogens is 1. The molecule has 152 valence electrons. The molecular formula is C21H30IN5O. The lowest BCUT2D eigenvalue weighted by Gasteiger charge is -2.22. The summed E-state index contributed by atoms with van der Waals surface area (Å²) in [5.41, 5.74) is 3.31. The van der Waals surface area contributed by atoms with Crippen molar-refractivity contribution in [2.75, 3.05) is 20.6 Å². The molecule has 7 heteroatoms. The zero-order chi connectivity index (χ0) is 19.4. The number of furan rings is 1. The summed E-state index contributed by atoms with van der Waals surface area (Å²) in [5.74, 6) is 2.25. The van der Waals surface area contributed by atoms with E-state index in [0.717, 1.165) is 47.9 Å². The van der Waals surface area contributed by atoms with Crippen molar-refractivity contribution in [2.45, 2.75) is 32.7 Å². The van der Waals surface area contributed by atoms with E-state index in [4.69, 9.17) is 4.42 Å². The zero-order valence-electron chi connectivity index (χ0n) is 17.3. The molecule has 6 nitrogen and oxygen atoms in total. The quantitative estimate of drug-likeness (QED) is 0.317.